The number of piperidine rings is 1. The summed E-state index contributed by atoms with van der Waals surface area (Å²) in [5.74, 6) is 0.517. The first-order valence-corrected chi connectivity index (χ1v) is 9.88. The number of hydrogen-bond acceptors (Lipinski definition) is 2. The van der Waals surface area contributed by atoms with Crippen molar-refractivity contribution in [1.29, 1.82) is 0 Å². The first-order chi connectivity index (χ1) is 12.7. The van der Waals surface area contributed by atoms with Crippen LogP contribution in [0.2, 0.25) is 0 Å². The Bertz CT molecular complexity index is 764. The van der Waals surface area contributed by atoms with Gasteiger partial charge in [-0.25, -0.2) is 0 Å². The Labute approximate surface area is 168 Å². The number of halogens is 1. The fraction of sp³-hybridized carbons (Fsp3) is 0.435. The van der Waals surface area contributed by atoms with Crippen molar-refractivity contribution < 1.29 is 4.79 Å². The van der Waals surface area contributed by atoms with Gasteiger partial charge in [-0.2, -0.15) is 0 Å². The van der Waals surface area contributed by atoms with E-state index in [1.807, 2.05) is 0 Å². The van der Waals surface area contributed by atoms with Crippen molar-refractivity contribution >= 4 is 18.3 Å². The molecule has 3 nitrogen and oxygen atoms in total. The van der Waals surface area contributed by atoms with Gasteiger partial charge in [0.25, 0.3) is 0 Å². The van der Waals surface area contributed by atoms with Gasteiger partial charge in [0.2, 0.25) is 5.91 Å². The normalized spacial score (nSPS) is 24.6. The molecule has 1 amide bonds. The average molecular weight is 385 g/mol. The van der Waals surface area contributed by atoms with Gasteiger partial charge in [0.1, 0.15) is 0 Å². The average Bonchev–Trinajstić information content (AvgIpc) is 2.68. The summed E-state index contributed by atoms with van der Waals surface area (Å²) in [6, 6.07) is 19.8. The second-order valence-electron chi connectivity index (χ2n) is 7.76. The van der Waals surface area contributed by atoms with Crippen molar-refractivity contribution in [3.05, 3.63) is 71.3 Å². The molecule has 2 aromatic rings. The third kappa shape index (κ3) is 4.36. The Morgan fingerprint density at radius 1 is 1.11 bits per heavy atom. The Morgan fingerprint density at radius 3 is 2.63 bits per heavy atom. The minimum atomic E-state index is 0. The summed E-state index contributed by atoms with van der Waals surface area (Å²) in [6.45, 7) is 3.98. The van der Waals surface area contributed by atoms with Crippen LogP contribution in [0.15, 0.2) is 54.6 Å². The third-order valence-electron chi connectivity index (χ3n) is 5.94. The SMILES string of the molecule is C[C@H]1C[C@@H](C(=O)N2CCc3ccccc3C2Cc2ccccc2)CCN1.Cl. The Hall–Kier alpha value is -1.84. The van der Waals surface area contributed by atoms with E-state index < -0.39 is 0 Å². The van der Waals surface area contributed by atoms with Crippen LogP contribution in [0.25, 0.3) is 0 Å². The van der Waals surface area contributed by atoms with Crippen molar-refractivity contribution in [1.82, 2.24) is 10.2 Å². The Morgan fingerprint density at radius 2 is 1.85 bits per heavy atom. The lowest BCUT2D eigenvalue weighted by atomic mass is 9.86. The van der Waals surface area contributed by atoms with E-state index in [1.165, 1.54) is 16.7 Å². The van der Waals surface area contributed by atoms with Gasteiger partial charge in [0, 0.05) is 18.5 Å². The first-order valence-electron chi connectivity index (χ1n) is 9.88. The molecule has 0 spiro atoms. The van der Waals surface area contributed by atoms with Crippen molar-refractivity contribution in [3.63, 3.8) is 0 Å². The van der Waals surface area contributed by atoms with E-state index in [0.717, 1.165) is 38.8 Å². The molecule has 0 aliphatic carbocycles. The molecule has 27 heavy (non-hydrogen) atoms. The van der Waals surface area contributed by atoms with Gasteiger partial charge in [-0.15, -0.1) is 12.4 Å². The highest BCUT2D eigenvalue weighted by Crippen LogP contribution is 2.34. The van der Waals surface area contributed by atoms with Gasteiger partial charge in [-0.3, -0.25) is 4.79 Å². The molecule has 2 aliphatic heterocycles. The van der Waals surface area contributed by atoms with Crippen LogP contribution in [0.3, 0.4) is 0 Å². The molecule has 0 radical (unpaired) electrons. The van der Waals surface area contributed by atoms with E-state index in [4.69, 9.17) is 0 Å². The number of nitrogens with one attached hydrogen (secondary N) is 1. The molecule has 1 N–H and O–H groups in total. The number of nitrogens with zero attached hydrogens (tertiary/aromatic N) is 1. The minimum absolute atomic E-state index is 0. The molecule has 0 aromatic heterocycles. The van der Waals surface area contributed by atoms with Gasteiger partial charge < -0.3 is 10.2 Å². The molecule has 0 bridgehead atoms. The molecule has 2 heterocycles. The molecule has 144 valence electrons. The molecule has 1 fully saturated rings. The van der Waals surface area contributed by atoms with Crippen LogP contribution in [-0.4, -0.2) is 29.9 Å². The number of amides is 1. The Kier molecular flexibility index (Phi) is 6.56. The maximum absolute atomic E-state index is 13.4. The lowest BCUT2D eigenvalue weighted by Crippen LogP contribution is -2.47. The standard InChI is InChI=1S/C23H28N2O.ClH/c1-17-15-20(11-13-24-17)23(26)25-14-12-19-9-5-6-10-21(19)22(25)16-18-7-3-2-4-8-18;/h2-10,17,20,22,24H,11-16H2,1H3;1H/t17-,20-,22?;/m0./s1. The predicted octanol–water partition coefficient (Wildman–Crippen LogP) is 4.17. The minimum Gasteiger partial charge on any atom is -0.335 e. The molecule has 4 heteroatoms. The fourth-order valence-electron chi connectivity index (χ4n) is 4.56. The van der Waals surface area contributed by atoms with E-state index in [-0.39, 0.29) is 24.4 Å². The van der Waals surface area contributed by atoms with Gasteiger partial charge >= 0.3 is 0 Å². The second kappa shape index (κ2) is 8.90. The fourth-order valence-corrected chi connectivity index (χ4v) is 4.56. The van der Waals surface area contributed by atoms with Crippen LogP contribution in [0.1, 0.15) is 42.5 Å². The highest BCUT2D eigenvalue weighted by molar-refractivity contribution is 5.85. The van der Waals surface area contributed by atoms with E-state index in [0.29, 0.717) is 11.9 Å². The van der Waals surface area contributed by atoms with Gasteiger partial charge in [-0.05, 0) is 55.8 Å². The zero-order valence-electron chi connectivity index (χ0n) is 15.9. The first kappa shape index (κ1) is 19.9. The topological polar surface area (TPSA) is 32.3 Å². The molecule has 2 aliphatic rings. The van der Waals surface area contributed by atoms with Crippen molar-refractivity contribution in [2.45, 2.75) is 44.7 Å². The van der Waals surface area contributed by atoms with Crippen LogP contribution >= 0.6 is 12.4 Å². The number of hydrogen-bond donors (Lipinski definition) is 1. The molecule has 1 unspecified atom stereocenters. The quantitative estimate of drug-likeness (QED) is 0.861. The maximum atomic E-state index is 13.4. The largest absolute Gasteiger partial charge is 0.335 e. The number of fused-ring (bicyclic) bond motifs is 1. The zero-order chi connectivity index (χ0) is 17.9. The van der Waals surface area contributed by atoms with E-state index in [2.05, 4.69) is 71.7 Å². The molecule has 0 saturated carbocycles. The molecular formula is C23H29ClN2O. The molecular weight excluding hydrogens is 356 g/mol. The highest BCUT2D eigenvalue weighted by Gasteiger charge is 2.35. The van der Waals surface area contributed by atoms with Crippen LogP contribution < -0.4 is 5.32 Å². The summed E-state index contributed by atoms with van der Waals surface area (Å²) >= 11 is 0. The highest BCUT2D eigenvalue weighted by atomic mass is 35.5. The van der Waals surface area contributed by atoms with Crippen molar-refractivity contribution in [2.75, 3.05) is 13.1 Å². The van der Waals surface area contributed by atoms with E-state index >= 15 is 0 Å². The lowest BCUT2D eigenvalue weighted by molar-refractivity contribution is -0.139. The molecule has 2 aromatic carbocycles. The zero-order valence-corrected chi connectivity index (χ0v) is 16.8. The Balaban J connectivity index is 0.00000210. The van der Waals surface area contributed by atoms with Crippen LogP contribution in [0, 0.1) is 5.92 Å². The van der Waals surface area contributed by atoms with Crippen LogP contribution in [-0.2, 0) is 17.6 Å². The monoisotopic (exact) mass is 384 g/mol. The van der Waals surface area contributed by atoms with Crippen molar-refractivity contribution in [3.8, 4) is 0 Å². The smallest absolute Gasteiger partial charge is 0.226 e. The summed E-state index contributed by atoms with van der Waals surface area (Å²) in [6.07, 6.45) is 3.77. The van der Waals surface area contributed by atoms with Crippen LogP contribution in [0.4, 0.5) is 0 Å². The van der Waals surface area contributed by atoms with E-state index in [1.54, 1.807) is 0 Å². The summed E-state index contributed by atoms with van der Waals surface area (Å²) in [4.78, 5) is 15.6. The summed E-state index contributed by atoms with van der Waals surface area (Å²) < 4.78 is 0. The third-order valence-corrected chi connectivity index (χ3v) is 5.94. The molecule has 4 rings (SSSR count). The molecule has 1 saturated heterocycles. The summed E-state index contributed by atoms with van der Waals surface area (Å²) in [7, 11) is 0. The van der Waals surface area contributed by atoms with E-state index in [9.17, 15) is 4.79 Å². The lowest BCUT2D eigenvalue weighted by Gasteiger charge is -2.41. The number of rotatable bonds is 3. The number of carbonyl (C=O) groups is 1. The van der Waals surface area contributed by atoms with Crippen LogP contribution in [0.5, 0.6) is 0 Å². The molecule has 3 atom stereocenters. The van der Waals surface area contributed by atoms with Crippen molar-refractivity contribution in [2.24, 2.45) is 5.92 Å². The summed E-state index contributed by atoms with van der Waals surface area (Å²) in [5.41, 5.74) is 4.03. The van der Waals surface area contributed by atoms with Gasteiger partial charge in [0.15, 0.2) is 0 Å². The second-order valence-corrected chi connectivity index (χ2v) is 7.76. The number of carbonyl (C=O) groups excluding carboxylic acids is 1. The predicted molar refractivity (Wildman–Crippen MR) is 112 cm³/mol. The number of benzene rings is 2. The maximum Gasteiger partial charge on any atom is 0.226 e. The van der Waals surface area contributed by atoms with Gasteiger partial charge in [-0.1, -0.05) is 54.6 Å². The van der Waals surface area contributed by atoms with Gasteiger partial charge in [0.05, 0.1) is 6.04 Å². The summed E-state index contributed by atoms with van der Waals surface area (Å²) in [5, 5.41) is 3.47.